The lowest BCUT2D eigenvalue weighted by Gasteiger charge is -2.07. The average Bonchev–Trinajstić information content (AvgIpc) is 2.75. The zero-order chi connectivity index (χ0) is 14.1. The van der Waals surface area contributed by atoms with E-state index < -0.39 is 0 Å². The number of benzene rings is 2. The molecule has 2 N–H and O–H groups in total. The average molecular weight is 269 g/mol. The van der Waals surface area contributed by atoms with Gasteiger partial charge in [0, 0.05) is 18.5 Å². The number of aryl methyl sites for hydroxylation is 1. The van der Waals surface area contributed by atoms with Gasteiger partial charge >= 0.3 is 0 Å². The monoisotopic (exact) mass is 269 g/mol. The molecule has 102 valence electrons. The first kappa shape index (κ1) is 12.4. The van der Waals surface area contributed by atoms with E-state index in [9.17, 15) is 10.2 Å². The third-order valence-corrected chi connectivity index (χ3v) is 3.37. The van der Waals surface area contributed by atoms with Crippen LogP contribution in [0, 0.1) is 0 Å². The maximum absolute atomic E-state index is 9.84. The number of rotatable bonds is 3. The van der Waals surface area contributed by atoms with E-state index in [1.807, 2.05) is 29.8 Å². The van der Waals surface area contributed by atoms with E-state index in [-0.39, 0.29) is 11.5 Å². The fourth-order valence-corrected chi connectivity index (χ4v) is 2.27. The van der Waals surface area contributed by atoms with E-state index in [1.54, 1.807) is 30.3 Å². The Labute approximate surface area is 116 Å². The summed E-state index contributed by atoms with van der Waals surface area (Å²) in [6.07, 6.45) is 0. The highest BCUT2D eigenvalue weighted by Crippen LogP contribution is 2.28. The van der Waals surface area contributed by atoms with Crippen molar-refractivity contribution in [1.82, 2.24) is 4.57 Å². The van der Waals surface area contributed by atoms with Crippen molar-refractivity contribution in [1.29, 1.82) is 0 Å². The normalized spacial score (nSPS) is 10.8. The maximum Gasteiger partial charge on any atom is 0.128 e. The molecular formula is C16H15NO3. The molecule has 0 unspecified atom stereocenters. The smallest absolute Gasteiger partial charge is 0.128 e. The lowest BCUT2D eigenvalue weighted by molar-refractivity contribution is 0.296. The van der Waals surface area contributed by atoms with E-state index in [0.29, 0.717) is 12.4 Å². The number of hydrogen-bond donors (Lipinski definition) is 2. The van der Waals surface area contributed by atoms with Crippen LogP contribution in [0.5, 0.6) is 17.2 Å². The molecule has 0 fully saturated rings. The zero-order valence-corrected chi connectivity index (χ0v) is 11.1. The molecule has 4 nitrogen and oxygen atoms in total. The largest absolute Gasteiger partial charge is 0.508 e. The number of aromatic nitrogens is 1. The van der Waals surface area contributed by atoms with Crippen LogP contribution >= 0.6 is 0 Å². The van der Waals surface area contributed by atoms with Gasteiger partial charge in [0.15, 0.2) is 0 Å². The van der Waals surface area contributed by atoms with Gasteiger partial charge in [-0.3, -0.25) is 0 Å². The molecule has 0 spiro atoms. The van der Waals surface area contributed by atoms with Gasteiger partial charge in [0.2, 0.25) is 0 Å². The third kappa shape index (κ3) is 2.16. The van der Waals surface area contributed by atoms with Gasteiger partial charge in [-0.05, 0) is 30.3 Å². The molecule has 0 aliphatic carbocycles. The molecule has 0 aliphatic heterocycles. The SMILES string of the molecule is Cn1c(COc2cccc(O)c2)cc2c(O)cccc21. The first-order valence-corrected chi connectivity index (χ1v) is 6.33. The van der Waals surface area contributed by atoms with Gasteiger partial charge in [-0.2, -0.15) is 0 Å². The van der Waals surface area contributed by atoms with E-state index in [2.05, 4.69) is 0 Å². The van der Waals surface area contributed by atoms with Gasteiger partial charge < -0.3 is 19.5 Å². The summed E-state index contributed by atoms with van der Waals surface area (Å²) in [5.74, 6) is 1.05. The number of ether oxygens (including phenoxy) is 1. The molecule has 0 atom stereocenters. The van der Waals surface area contributed by atoms with Gasteiger partial charge in [0.1, 0.15) is 23.9 Å². The second-order valence-corrected chi connectivity index (χ2v) is 4.69. The Morgan fingerprint density at radius 3 is 2.60 bits per heavy atom. The number of hydrogen-bond acceptors (Lipinski definition) is 3. The third-order valence-electron chi connectivity index (χ3n) is 3.37. The minimum absolute atomic E-state index is 0.178. The predicted octanol–water partition coefficient (Wildman–Crippen LogP) is 3.17. The quantitative estimate of drug-likeness (QED) is 0.768. The topological polar surface area (TPSA) is 54.6 Å². The molecule has 0 saturated heterocycles. The molecule has 3 aromatic rings. The Hall–Kier alpha value is -2.62. The van der Waals surface area contributed by atoms with Crippen molar-refractivity contribution in [2.24, 2.45) is 7.05 Å². The lowest BCUT2D eigenvalue weighted by atomic mass is 10.2. The number of aromatic hydroxyl groups is 2. The van der Waals surface area contributed by atoms with Crippen LogP contribution in [0.4, 0.5) is 0 Å². The summed E-state index contributed by atoms with van der Waals surface area (Å²) in [5, 5.41) is 20.1. The Kier molecular flexibility index (Phi) is 2.99. The number of phenols is 2. The van der Waals surface area contributed by atoms with E-state index in [4.69, 9.17) is 4.74 Å². The second kappa shape index (κ2) is 4.81. The van der Waals surface area contributed by atoms with Gasteiger partial charge in [-0.25, -0.2) is 0 Å². The van der Waals surface area contributed by atoms with E-state index >= 15 is 0 Å². The van der Waals surface area contributed by atoms with Crippen LogP contribution in [-0.4, -0.2) is 14.8 Å². The first-order valence-electron chi connectivity index (χ1n) is 6.33. The summed E-state index contributed by atoms with van der Waals surface area (Å²) in [7, 11) is 1.93. The highest BCUT2D eigenvalue weighted by Gasteiger charge is 2.09. The number of phenolic OH excluding ortho intramolecular Hbond substituents is 2. The zero-order valence-electron chi connectivity index (χ0n) is 11.1. The molecule has 3 rings (SSSR count). The highest BCUT2D eigenvalue weighted by atomic mass is 16.5. The summed E-state index contributed by atoms with van der Waals surface area (Å²) in [5.41, 5.74) is 1.91. The van der Waals surface area contributed by atoms with Gasteiger partial charge in [0.25, 0.3) is 0 Å². The molecule has 0 aliphatic rings. The van der Waals surface area contributed by atoms with Crippen LogP contribution in [0.1, 0.15) is 5.69 Å². The molecule has 2 aromatic carbocycles. The van der Waals surface area contributed by atoms with E-state index in [0.717, 1.165) is 16.6 Å². The standard InChI is InChI=1S/C16H15NO3/c1-17-11(8-14-15(17)6-3-7-16(14)19)10-20-13-5-2-4-12(18)9-13/h2-9,18-19H,10H2,1H3. The predicted molar refractivity (Wildman–Crippen MR) is 77.0 cm³/mol. The fourth-order valence-electron chi connectivity index (χ4n) is 2.27. The van der Waals surface area contributed by atoms with Crippen LogP contribution in [0.3, 0.4) is 0 Å². The lowest BCUT2D eigenvalue weighted by Crippen LogP contribution is -2.01. The molecule has 0 radical (unpaired) electrons. The number of fused-ring (bicyclic) bond motifs is 1. The summed E-state index contributed by atoms with van der Waals surface area (Å²) >= 11 is 0. The van der Waals surface area contributed by atoms with Crippen LogP contribution < -0.4 is 4.74 Å². The van der Waals surface area contributed by atoms with Crippen molar-refractivity contribution in [3.05, 3.63) is 54.2 Å². The molecule has 1 heterocycles. The first-order chi connectivity index (χ1) is 9.65. The van der Waals surface area contributed by atoms with Gasteiger partial charge in [0.05, 0.1) is 11.2 Å². The highest BCUT2D eigenvalue weighted by molar-refractivity contribution is 5.87. The molecular weight excluding hydrogens is 254 g/mol. The summed E-state index contributed by atoms with van der Waals surface area (Å²) in [4.78, 5) is 0. The molecule has 0 saturated carbocycles. The molecule has 0 amide bonds. The van der Waals surface area contributed by atoms with Gasteiger partial charge in [-0.1, -0.05) is 12.1 Å². The molecule has 0 bridgehead atoms. The van der Waals surface area contributed by atoms with E-state index in [1.165, 1.54) is 0 Å². The van der Waals surface area contributed by atoms with Crippen molar-refractivity contribution in [3.8, 4) is 17.2 Å². The Balaban J connectivity index is 1.88. The van der Waals surface area contributed by atoms with Crippen LogP contribution in [0.15, 0.2) is 48.5 Å². The van der Waals surface area contributed by atoms with Crippen LogP contribution in [0.2, 0.25) is 0 Å². The van der Waals surface area contributed by atoms with Crippen molar-refractivity contribution in [3.63, 3.8) is 0 Å². The van der Waals surface area contributed by atoms with Gasteiger partial charge in [-0.15, -0.1) is 0 Å². The van der Waals surface area contributed by atoms with Crippen molar-refractivity contribution in [2.45, 2.75) is 6.61 Å². The maximum atomic E-state index is 9.84. The second-order valence-electron chi connectivity index (χ2n) is 4.69. The van der Waals surface area contributed by atoms with Crippen molar-refractivity contribution in [2.75, 3.05) is 0 Å². The summed E-state index contributed by atoms with van der Waals surface area (Å²) in [6.45, 7) is 0.369. The van der Waals surface area contributed by atoms with Crippen LogP contribution in [0.25, 0.3) is 10.9 Å². The number of nitrogens with zero attached hydrogens (tertiary/aromatic N) is 1. The van der Waals surface area contributed by atoms with Crippen molar-refractivity contribution < 1.29 is 14.9 Å². The Morgan fingerprint density at radius 1 is 1.05 bits per heavy atom. The fraction of sp³-hybridized carbons (Fsp3) is 0.125. The Morgan fingerprint density at radius 2 is 1.85 bits per heavy atom. The molecule has 1 aromatic heterocycles. The minimum Gasteiger partial charge on any atom is -0.508 e. The summed E-state index contributed by atoms with van der Waals surface area (Å²) in [6, 6.07) is 14.0. The molecule has 4 heteroatoms. The minimum atomic E-state index is 0.178. The van der Waals surface area contributed by atoms with Crippen LogP contribution in [-0.2, 0) is 13.7 Å². The van der Waals surface area contributed by atoms with Crippen molar-refractivity contribution >= 4 is 10.9 Å². The molecule has 20 heavy (non-hydrogen) atoms. The summed E-state index contributed by atoms with van der Waals surface area (Å²) < 4.78 is 7.64. The Bertz CT molecular complexity index is 762.